The fourth-order valence-electron chi connectivity index (χ4n) is 2.69. The zero-order valence-electron chi connectivity index (χ0n) is 10.9. The number of rotatable bonds is 2. The summed E-state index contributed by atoms with van der Waals surface area (Å²) in [5.74, 6) is 0.131. The standard InChI is InChI=1S/C16H14ClNO2/c17-12-4-1-3-11(9-12)10-18-14-5-2-6-15(19)13(14)7-8-16(18)20/h1,3-4,7-9H,2,5-6,10H2. The second kappa shape index (κ2) is 5.25. The van der Waals surface area contributed by atoms with Crippen LogP contribution in [0.1, 0.15) is 34.5 Å². The number of pyridine rings is 1. The minimum Gasteiger partial charge on any atom is -0.308 e. The van der Waals surface area contributed by atoms with Crippen LogP contribution in [0.5, 0.6) is 0 Å². The summed E-state index contributed by atoms with van der Waals surface area (Å²) in [6.45, 7) is 0.454. The van der Waals surface area contributed by atoms with Gasteiger partial charge < -0.3 is 4.57 Å². The van der Waals surface area contributed by atoms with E-state index in [1.807, 2.05) is 18.2 Å². The molecule has 0 saturated heterocycles. The highest BCUT2D eigenvalue weighted by Gasteiger charge is 2.20. The molecule has 0 unspecified atom stereocenters. The number of hydrogen-bond donors (Lipinski definition) is 0. The first kappa shape index (κ1) is 13.1. The van der Waals surface area contributed by atoms with Crippen LogP contribution in [0.15, 0.2) is 41.2 Å². The number of Topliss-reactive ketones (excluding diaryl/α,β-unsaturated/α-hetero) is 1. The van der Waals surface area contributed by atoms with Crippen molar-refractivity contribution in [2.75, 3.05) is 0 Å². The fourth-order valence-corrected chi connectivity index (χ4v) is 2.90. The van der Waals surface area contributed by atoms with Crippen LogP contribution in [-0.2, 0) is 13.0 Å². The number of aromatic nitrogens is 1. The summed E-state index contributed by atoms with van der Waals surface area (Å²) in [5.41, 5.74) is 2.44. The SMILES string of the molecule is O=C1CCCc2c1ccc(=O)n2Cc1cccc(Cl)c1. The summed E-state index contributed by atoms with van der Waals surface area (Å²) in [6, 6.07) is 10.6. The zero-order valence-corrected chi connectivity index (χ0v) is 11.7. The molecule has 0 spiro atoms. The molecule has 0 N–H and O–H groups in total. The van der Waals surface area contributed by atoms with Gasteiger partial charge in [-0.25, -0.2) is 0 Å². The van der Waals surface area contributed by atoms with Crippen LogP contribution in [0, 0.1) is 0 Å². The van der Waals surface area contributed by atoms with Gasteiger partial charge in [0.15, 0.2) is 5.78 Å². The second-order valence-corrected chi connectivity index (χ2v) is 5.46. The Hall–Kier alpha value is -1.87. The van der Waals surface area contributed by atoms with Gasteiger partial charge in [0.05, 0.1) is 6.54 Å². The van der Waals surface area contributed by atoms with Gasteiger partial charge in [0, 0.05) is 28.8 Å². The third kappa shape index (κ3) is 2.41. The van der Waals surface area contributed by atoms with Gasteiger partial charge in [-0.2, -0.15) is 0 Å². The Morgan fingerprint density at radius 3 is 2.75 bits per heavy atom. The molecule has 1 aliphatic carbocycles. The highest BCUT2D eigenvalue weighted by molar-refractivity contribution is 6.30. The first-order valence-corrected chi connectivity index (χ1v) is 7.03. The van der Waals surface area contributed by atoms with E-state index < -0.39 is 0 Å². The lowest BCUT2D eigenvalue weighted by Crippen LogP contribution is -2.28. The third-order valence-electron chi connectivity index (χ3n) is 3.64. The zero-order chi connectivity index (χ0) is 14.1. The van der Waals surface area contributed by atoms with Crippen LogP contribution in [0.2, 0.25) is 5.02 Å². The molecule has 0 radical (unpaired) electrons. The maximum Gasteiger partial charge on any atom is 0.251 e. The third-order valence-corrected chi connectivity index (χ3v) is 3.88. The lowest BCUT2D eigenvalue weighted by Gasteiger charge is -2.20. The molecule has 0 amide bonds. The van der Waals surface area contributed by atoms with Crippen molar-refractivity contribution in [1.29, 1.82) is 0 Å². The first-order valence-electron chi connectivity index (χ1n) is 6.65. The van der Waals surface area contributed by atoms with Crippen molar-refractivity contribution in [2.24, 2.45) is 0 Å². The van der Waals surface area contributed by atoms with Gasteiger partial charge in [-0.3, -0.25) is 9.59 Å². The van der Waals surface area contributed by atoms with E-state index in [1.54, 1.807) is 16.7 Å². The molecule has 20 heavy (non-hydrogen) atoms. The highest BCUT2D eigenvalue weighted by Crippen LogP contribution is 2.21. The Bertz CT molecular complexity index is 733. The fraction of sp³-hybridized carbons (Fsp3) is 0.250. The van der Waals surface area contributed by atoms with E-state index in [4.69, 9.17) is 11.6 Å². The molecule has 1 aromatic heterocycles. The molecule has 0 bridgehead atoms. The number of nitrogens with zero attached hydrogens (tertiary/aromatic N) is 1. The number of carbonyl (C=O) groups excluding carboxylic acids is 1. The number of carbonyl (C=O) groups is 1. The summed E-state index contributed by atoms with van der Waals surface area (Å²) >= 11 is 5.98. The lowest BCUT2D eigenvalue weighted by molar-refractivity contribution is 0.0970. The number of benzene rings is 1. The van der Waals surface area contributed by atoms with Crippen LogP contribution >= 0.6 is 11.6 Å². The maximum atomic E-state index is 12.1. The lowest BCUT2D eigenvalue weighted by atomic mass is 9.94. The molecular formula is C16H14ClNO2. The predicted octanol–water partition coefficient (Wildman–Crippen LogP) is 3.07. The molecule has 1 aromatic carbocycles. The minimum absolute atomic E-state index is 0.0709. The van der Waals surface area contributed by atoms with Gasteiger partial charge in [0.25, 0.3) is 5.56 Å². The van der Waals surface area contributed by atoms with Gasteiger partial charge in [0.1, 0.15) is 0 Å². The van der Waals surface area contributed by atoms with Crippen molar-refractivity contribution in [3.8, 4) is 0 Å². The smallest absolute Gasteiger partial charge is 0.251 e. The van der Waals surface area contributed by atoms with Crippen molar-refractivity contribution in [2.45, 2.75) is 25.8 Å². The predicted molar refractivity (Wildman–Crippen MR) is 78.5 cm³/mol. The summed E-state index contributed by atoms with van der Waals surface area (Å²) in [4.78, 5) is 24.0. The van der Waals surface area contributed by atoms with E-state index >= 15 is 0 Å². The average Bonchev–Trinajstić information content (AvgIpc) is 2.42. The molecule has 2 aromatic rings. The topological polar surface area (TPSA) is 39.1 Å². The van der Waals surface area contributed by atoms with Gasteiger partial charge in [-0.05, 0) is 36.6 Å². The highest BCUT2D eigenvalue weighted by atomic mass is 35.5. The molecule has 0 atom stereocenters. The Labute approximate surface area is 121 Å². The molecule has 3 rings (SSSR count). The number of ketones is 1. The summed E-state index contributed by atoms with van der Waals surface area (Å²) in [6.07, 6.45) is 2.16. The van der Waals surface area contributed by atoms with E-state index in [0.717, 1.165) is 24.1 Å². The summed E-state index contributed by atoms with van der Waals surface area (Å²) in [5, 5.41) is 0.649. The van der Waals surface area contributed by atoms with Crippen LogP contribution < -0.4 is 5.56 Å². The van der Waals surface area contributed by atoms with Crippen molar-refractivity contribution in [3.63, 3.8) is 0 Å². The molecule has 102 valence electrons. The van der Waals surface area contributed by atoms with E-state index in [9.17, 15) is 9.59 Å². The summed E-state index contributed by atoms with van der Waals surface area (Å²) < 4.78 is 1.69. The largest absolute Gasteiger partial charge is 0.308 e. The van der Waals surface area contributed by atoms with Gasteiger partial charge >= 0.3 is 0 Å². The monoisotopic (exact) mass is 287 g/mol. The molecule has 4 heteroatoms. The number of hydrogen-bond acceptors (Lipinski definition) is 2. The molecule has 0 aliphatic heterocycles. The molecule has 0 saturated carbocycles. The Morgan fingerprint density at radius 1 is 1.10 bits per heavy atom. The van der Waals surface area contributed by atoms with E-state index in [2.05, 4.69) is 0 Å². The number of fused-ring (bicyclic) bond motifs is 1. The van der Waals surface area contributed by atoms with Crippen LogP contribution in [-0.4, -0.2) is 10.4 Å². The van der Waals surface area contributed by atoms with E-state index in [-0.39, 0.29) is 11.3 Å². The van der Waals surface area contributed by atoms with Crippen LogP contribution in [0.4, 0.5) is 0 Å². The first-order chi connectivity index (χ1) is 9.65. The summed E-state index contributed by atoms with van der Waals surface area (Å²) in [7, 11) is 0. The van der Waals surface area contributed by atoms with Crippen molar-refractivity contribution in [3.05, 3.63) is 68.6 Å². The second-order valence-electron chi connectivity index (χ2n) is 5.02. The number of halogens is 1. The van der Waals surface area contributed by atoms with Gasteiger partial charge in [0.2, 0.25) is 0 Å². The van der Waals surface area contributed by atoms with E-state index in [1.165, 1.54) is 6.07 Å². The molecule has 3 nitrogen and oxygen atoms in total. The Morgan fingerprint density at radius 2 is 1.95 bits per heavy atom. The van der Waals surface area contributed by atoms with Crippen LogP contribution in [0.25, 0.3) is 0 Å². The van der Waals surface area contributed by atoms with Crippen LogP contribution in [0.3, 0.4) is 0 Å². The normalized spacial score (nSPS) is 14.2. The quantitative estimate of drug-likeness (QED) is 0.851. The molecule has 0 fully saturated rings. The van der Waals surface area contributed by atoms with E-state index in [0.29, 0.717) is 23.6 Å². The van der Waals surface area contributed by atoms with Crippen molar-refractivity contribution in [1.82, 2.24) is 4.57 Å². The van der Waals surface area contributed by atoms with Gasteiger partial charge in [-0.15, -0.1) is 0 Å². The average molecular weight is 288 g/mol. The molecular weight excluding hydrogens is 274 g/mol. The molecule has 1 aliphatic rings. The van der Waals surface area contributed by atoms with Crippen molar-refractivity contribution >= 4 is 17.4 Å². The van der Waals surface area contributed by atoms with Crippen molar-refractivity contribution < 1.29 is 4.79 Å². The molecule has 1 heterocycles. The minimum atomic E-state index is -0.0709. The van der Waals surface area contributed by atoms with Gasteiger partial charge in [-0.1, -0.05) is 23.7 Å². The Balaban J connectivity index is 2.07. The Kier molecular flexibility index (Phi) is 3.45. The maximum absolute atomic E-state index is 12.1.